The molecule has 1 heterocycles. The Labute approximate surface area is 103 Å². The Hall–Kier alpha value is -2.37. The number of aromatic carboxylic acids is 1. The van der Waals surface area contributed by atoms with Gasteiger partial charge in [-0.25, -0.2) is 13.9 Å². The fourth-order valence-corrected chi connectivity index (χ4v) is 1.80. The van der Waals surface area contributed by atoms with Gasteiger partial charge in [0.25, 0.3) is 0 Å². The third kappa shape index (κ3) is 1.92. The van der Waals surface area contributed by atoms with E-state index in [9.17, 15) is 9.18 Å². The van der Waals surface area contributed by atoms with Gasteiger partial charge in [-0.3, -0.25) is 0 Å². The van der Waals surface area contributed by atoms with Gasteiger partial charge < -0.3 is 10.8 Å². The van der Waals surface area contributed by atoms with E-state index < -0.39 is 11.8 Å². The molecule has 0 saturated heterocycles. The zero-order chi connectivity index (χ0) is 13.4. The van der Waals surface area contributed by atoms with Crippen molar-refractivity contribution in [1.29, 1.82) is 0 Å². The first kappa shape index (κ1) is 12.1. The van der Waals surface area contributed by atoms with E-state index in [-0.39, 0.29) is 16.9 Å². The minimum absolute atomic E-state index is 0.0761. The van der Waals surface area contributed by atoms with Crippen molar-refractivity contribution in [1.82, 2.24) is 9.78 Å². The summed E-state index contributed by atoms with van der Waals surface area (Å²) in [6.45, 7) is 3.53. The second kappa shape index (κ2) is 4.14. The molecule has 2 aromatic rings. The second-order valence-electron chi connectivity index (χ2n) is 4.03. The van der Waals surface area contributed by atoms with Crippen LogP contribution in [-0.2, 0) is 0 Å². The van der Waals surface area contributed by atoms with E-state index in [1.165, 1.54) is 10.7 Å². The van der Waals surface area contributed by atoms with E-state index in [1.54, 1.807) is 19.9 Å². The maximum atomic E-state index is 13.8. The number of hydrogen-bond acceptors (Lipinski definition) is 3. The first-order valence-electron chi connectivity index (χ1n) is 5.26. The number of hydrogen-bond donors (Lipinski definition) is 2. The summed E-state index contributed by atoms with van der Waals surface area (Å²) in [5.41, 5.74) is 6.73. The summed E-state index contributed by atoms with van der Waals surface area (Å²) in [4.78, 5) is 11.0. The molecule has 0 aliphatic carbocycles. The minimum atomic E-state index is -1.20. The molecule has 18 heavy (non-hydrogen) atoms. The van der Waals surface area contributed by atoms with Gasteiger partial charge in [0.2, 0.25) is 0 Å². The third-order valence-corrected chi connectivity index (χ3v) is 2.59. The van der Waals surface area contributed by atoms with Crippen LogP contribution in [0.4, 0.5) is 10.1 Å². The van der Waals surface area contributed by atoms with E-state index in [0.29, 0.717) is 5.69 Å². The fraction of sp³-hybridized carbons (Fsp3) is 0.167. The highest BCUT2D eigenvalue weighted by Crippen LogP contribution is 2.22. The number of carbonyl (C=O) groups is 1. The largest absolute Gasteiger partial charge is 0.478 e. The summed E-state index contributed by atoms with van der Waals surface area (Å²) in [5.74, 6) is -1.81. The number of anilines is 1. The van der Waals surface area contributed by atoms with Crippen molar-refractivity contribution in [3.05, 3.63) is 41.0 Å². The van der Waals surface area contributed by atoms with E-state index in [0.717, 1.165) is 11.8 Å². The van der Waals surface area contributed by atoms with Crippen molar-refractivity contribution in [2.75, 3.05) is 5.73 Å². The molecule has 0 spiro atoms. The summed E-state index contributed by atoms with van der Waals surface area (Å²) in [5, 5.41) is 13.1. The molecular weight excluding hydrogens is 237 g/mol. The first-order valence-corrected chi connectivity index (χ1v) is 5.26. The van der Waals surface area contributed by atoms with E-state index >= 15 is 0 Å². The lowest BCUT2D eigenvalue weighted by atomic mass is 10.1. The number of rotatable bonds is 2. The Morgan fingerprint density at radius 2 is 2.06 bits per heavy atom. The highest BCUT2D eigenvalue weighted by Gasteiger charge is 2.16. The summed E-state index contributed by atoms with van der Waals surface area (Å²) >= 11 is 0. The van der Waals surface area contributed by atoms with Gasteiger partial charge in [-0.05, 0) is 32.0 Å². The van der Waals surface area contributed by atoms with E-state index in [1.807, 2.05) is 0 Å². The monoisotopic (exact) mass is 249 g/mol. The smallest absolute Gasteiger partial charge is 0.337 e. The Balaban J connectivity index is 2.68. The van der Waals surface area contributed by atoms with Gasteiger partial charge in [0.15, 0.2) is 5.82 Å². The minimum Gasteiger partial charge on any atom is -0.478 e. The van der Waals surface area contributed by atoms with Crippen LogP contribution in [0.15, 0.2) is 18.2 Å². The molecule has 0 aliphatic rings. The Morgan fingerprint density at radius 3 is 2.56 bits per heavy atom. The van der Waals surface area contributed by atoms with Gasteiger partial charge in [0.1, 0.15) is 5.69 Å². The number of nitrogens with zero attached hydrogens (tertiary/aromatic N) is 2. The summed E-state index contributed by atoms with van der Waals surface area (Å²) in [6.07, 6.45) is 0. The summed E-state index contributed by atoms with van der Waals surface area (Å²) in [6, 6.07) is 3.96. The SMILES string of the molecule is Cc1cc(C)n(-c2cc(C(=O)O)c(N)cc2F)n1. The van der Waals surface area contributed by atoms with Gasteiger partial charge in [-0.2, -0.15) is 5.10 Å². The van der Waals surface area contributed by atoms with Crippen LogP contribution >= 0.6 is 0 Å². The molecule has 0 atom stereocenters. The van der Waals surface area contributed by atoms with Crippen LogP contribution in [0.25, 0.3) is 5.69 Å². The van der Waals surface area contributed by atoms with Crippen molar-refractivity contribution < 1.29 is 14.3 Å². The van der Waals surface area contributed by atoms with E-state index in [4.69, 9.17) is 10.8 Å². The van der Waals surface area contributed by atoms with Crippen molar-refractivity contribution in [3.63, 3.8) is 0 Å². The van der Waals surface area contributed by atoms with Crippen LogP contribution in [0, 0.1) is 19.7 Å². The molecule has 5 nitrogen and oxygen atoms in total. The van der Waals surface area contributed by atoms with Gasteiger partial charge in [0, 0.05) is 11.4 Å². The average Bonchev–Trinajstić information content (AvgIpc) is 2.57. The molecule has 0 unspecified atom stereocenters. The number of halogens is 1. The van der Waals surface area contributed by atoms with Gasteiger partial charge >= 0.3 is 5.97 Å². The van der Waals surface area contributed by atoms with Crippen LogP contribution in [0.5, 0.6) is 0 Å². The first-order chi connectivity index (χ1) is 8.40. The molecule has 1 aromatic heterocycles. The van der Waals surface area contributed by atoms with Crippen molar-refractivity contribution in [3.8, 4) is 5.69 Å². The summed E-state index contributed by atoms with van der Waals surface area (Å²) in [7, 11) is 0. The van der Waals surface area contributed by atoms with Gasteiger partial charge in [0.05, 0.1) is 11.3 Å². The normalized spacial score (nSPS) is 10.6. The topological polar surface area (TPSA) is 81.1 Å². The van der Waals surface area contributed by atoms with Crippen molar-refractivity contribution in [2.45, 2.75) is 13.8 Å². The van der Waals surface area contributed by atoms with Crippen LogP contribution in [0.1, 0.15) is 21.7 Å². The number of nitrogen functional groups attached to an aromatic ring is 1. The number of aryl methyl sites for hydroxylation is 2. The molecule has 0 saturated carbocycles. The van der Waals surface area contributed by atoms with Gasteiger partial charge in [-0.1, -0.05) is 0 Å². The highest BCUT2D eigenvalue weighted by atomic mass is 19.1. The predicted molar refractivity (Wildman–Crippen MR) is 64.4 cm³/mol. The zero-order valence-corrected chi connectivity index (χ0v) is 9.94. The molecule has 94 valence electrons. The molecule has 0 aliphatic heterocycles. The van der Waals surface area contributed by atoms with Crippen molar-refractivity contribution in [2.24, 2.45) is 0 Å². The zero-order valence-electron chi connectivity index (χ0n) is 9.94. The van der Waals surface area contributed by atoms with Crippen LogP contribution in [0.3, 0.4) is 0 Å². The predicted octanol–water partition coefficient (Wildman–Crippen LogP) is 1.91. The molecule has 2 rings (SSSR count). The molecule has 0 fully saturated rings. The molecule has 3 N–H and O–H groups in total. The number of nitrogens with two attached hydrogens (primary N) is 1. The maximum Gasteiger partial charge on any atom is 0.337 e. The number of carboxylic acids is 1. The lowest BCUT2D eigenvalue weighted by molar-refractivity contribution is 0.0698. The molecule has 0 amide bonds. The van der Waals surface area contributed by atoms with Crippen LogP contribution < -0.4 is 5.73 Å². The quantitative estimate of drug-likeness (QED) is 0.796. The lowest BCUT2D eigenvalue weighted by Gasteiger charge is -2.09. The Morgan fingerprint density at radius 1 is 1.39 bits per heavy atom. The fourth-order valence-electron chi connectivity index (χ4n) is 1.80. The highest BCUT2D eigenvalue weighted by molar-refractivity contribution is 5.94. The molecule has 6 heteroatoms. The number of carboxylic acid groups (broad SMARTS) is 1. The number of benzene rings is 1. The summed E-state index contributed by atoms with van der Waals surface area (Å²) < 4.78 is 15.2. The average molecular weight is 249 g/mol. The molecule has 0 radical (unpaired) electrons. The standard InChI is InChI=1S/C12H12FN3O2/c1-6-3-7(2)16(15-6)11-4-8(12(17)18)10(14)5-9(11)13/h3-5H,14H2,1-2H3,(H,17,18). The number of aromatic nitrogens is 2. The van der Waals surface area contributed by atoms with Crippen LogP contribution in [-0.4, -0.2) is 20.9 Å². The van der Waals surface area contributed by atoms with Crippen LogP contribution in [0.2, 0.25) is 0 Å². The van der Waals surface area contributed by atoms with E-state index in [2.05, 4.69) is 5.10 Å². The Kier molecular flexibility index (Phi) is 2.78. The second-order valence-corrected chi connectivity index (χ2v) is 4.03. The third-order valence-electron chi connectivity index (χ3n) is 2.59. The Bertz CT molecular complexity index is 634. The maximum absolute atomic E-state index is 13.8. The molecule has 0 bridgehead atoms. The molecule has 1 aromatic carbocycles. The molecular formula is C12H12FN3O2. The van der Waals surface area contributed by atoms with Crippen molar-refractivity contribution >= 4 is 11.7 Å². The van der Waals surface area contributed by atoms with Gasteiger partial charge in [-0.15, -0.1) is 0 Å². The lowest BCUT2D eigenvalue weighted by Crippen LogP contribution is -2.08.